The summed E-state index contributed by atoms with van der Waals surface area (Å²) in [5, 5.41) is 13.6. The first-order valence-corrected chi connectivity index (χ1v) is 14.1. The molecule has 1 aliphatic rings. The monoisotopic (exact) mass is 529 g/mol. The fraction of sp³-hybridized carbons (Fsp3) is 0.235. The van der Waals surface area contributed by atoms with E-state index in [0.717, 1.165) is 80.0 Å². The average molecular weight is 530 g/mol. The summed E-state index contributed by atoms with van der Waals surface area (Å²) in [5.41, 5.74) is 9.89. The lowest BCUT2D eigenvalue weighted by Gasteiger charge is -2.11. The van der Waals surface area contributed by atoms with Crippen molar-refractivity contribution >= 4 is 21.8 Å². The first kappa shape index (κ1) is 24.7. The molecule has 7 rings (SSSR count). The van der Waals surface area contributed by atoms with E-state index in [4.69, 9.17) is 0 Å². The predicted molar refractivity (Wildman–Crippen MR) is 160 cm³/mol. The smallest absolute Gasteiger partial charge is 0.124 e. The Kier molecular flexibility index (Phi) is 6.40. The number of aromatic nitrogens is 4. The van der Waals surface area contributed by atoms with E-state index in [2.05, 4.69) is 55.8 Å². The Morgan fingerprint density at radius 2 is 1.77 bits per heavy atom. The minimum atomic E-state index is -0.225. The number of hydrogen-bond donors (Lipinski definition) is 3. The van der Waals surface area contributed by atoms with E-state index < -0.39 is 0 Å². The number of H-pyrrole nitrogens is 2. The molecule has 0 unspecified atom stereocenters. The number of benzene rings is 3. The van der Waals surface area contributed by atoms with E-state index in [-0.39, 0.29) is 5.82 Å². The highest BCUT2D eigenvalue weighted by Crippen LogP contribution is 2.36. The number of rotatable bonds is 7. The highest BCUT2D eigenvalue weighted by atomic mass is 19.1. The number of pyridine rings is 1. The summed E-state index contributed by atoms with van der Waals surface area (Å²) in [4.78, 5) is 8.09. The van der Waals surface area contributed by atoms with Gasteiger partial charge in [0.15, 0.2) is 0 Å². The second-order valence-corrected chi connectivity index (χ2v) is 11.2. The Bertz CT molecular complexity index is 1810. The molecule has 5 nitrogen and oxygen atoms in total. The number of aromatic amines is 2. The Labute approximate surface area is 232 Å². The summed E-state index contributed by atoms with van der Waals surface area (Å²) in [5.74, 6) is 0.591. The van der Waals surface area contributed by atoms with Crippen molar-refractivity contribution in [1.29, 1.82) is 0 Å². The molecule has 0 radical (unpaired) electrons. The molecular formula is C34H32FN5. The van der Waals surface area contributed by atoms with Gasteiger partial charge >= 0.3 is 0 Å². The maximum absolute atomic E-state index is 14.2. The number of fused-ring (bicyclic) bond motifs is 2. The van der Waals surface area contributed by atoms with E-state index in [9.17, 15) is 4.39 Å². The van der Waals surface area contributed by atoms with Crippen molar-refractivity contribution in [3.8, 4) is 33.6 Å². The minimum Gasteiger partial charge on any atom is -0.353 e. The molecule has 3 aromatic carbocycles. The lowest BCUT2D eigenvalue weighted by atomic mass is 9.99. The van der Waals surface area contributed by atoms with Gasteiger partial charge < -0.3 is 10.3 Å². The number of hydrogen-bond acceptors (Lipinski definition) is 3. The number of nitrogens with zero attached hydrogens (tertiary/aromatic N) is 2. The molecule has 3 N–H and O–H groups in total. The normalized spacial score (nSPS) is 14.1. The molecule has 0 bridgehead atoms. The molecule has 0 aliphatic heterocycles. The fourth-order valence-electron chi connectivity index (χ4n) is 6.20. The Hall–Kier alpha value is -4.29. The van der Waals surface area contributed by atoms with E-state index in [1.165, 1.54) is 31.2 Å². The molecule has 3 heterocycles. The Morgan fingerprint density at radius 1 is 0.875 bits per heavy atom. The van der Waals surface area contributed by atoms with Gasteiger partial charge in [-0.1, -0.05) is 37.1 Å². The molecule has 1 aliphatic carbocycles. The summed E-state index contributed by atoms with van der Waals surface area (Å²) in [6.07, 6.45) is 9.32. The molecule has 3 aromatic heterocycles. The Balaban J connectivity index is 1.21. The van der Waals surface area contributed by atoms with Crippen molar-refractivity contribution in [3.63, 3.8) is 0 Å². The van der Waals surface area contributed by atoms with Crippen LogP contribution >= 0.6 is 0 Å². The average Bonchev–Trinajstić information content (AvgIpc) is 3.71. The number of aryl methyl sites for hydroxylation is 1. The van der Waals surface area contributed by atoms with Crippen LogP contribution in [0.5, 0.6) is 0 Å². The predicted octanol–water partition coefficient (Wildman–Crippen LogP) is 8.17. The van der Waals surface area contributed by atoms with Gasteiger partial charge in [-0.3, -0.25) is 10.1 Å². The van der Waals surface area contributed by atoms with Gasteiger partial charge in [0.05, 0.1) is 11.2 Å². The molecule has 200 valence electrons. The molecular weight excluding hydrogens is 497 g/mol. The van der Waals surface area contributed by atoms with E-state index in [1.807, 2.05) is 43.6 Å². The van der Waals surface area contributed by atoms with Crippen molar-refractivity contribution in [3.05, 3.63) is 96.1 Å². The molecule has 1 saturated carbocycles. The first-order valence-electron chi connectivity index (χ1n) is 14.1. The largest absolute Gasteiger partial charge is 0.353 e. The van der Waals surface area contributed by atoms with Crippen LogP contribution in [0.3, 0.4) is 0 Å². The van der Waals surface area contributed by atoms with Crippen LogP contribution in [0.4, 0.5) is 4.39 Å². The van der Waals surface area contributed by atoms with E-state index in [1.54, 1.807) is 12.1 Å². The van der Waals surface area contributed by atoms with Gasteiger partial charge in [-0.25, -0.2) is 4.39 Å². The zero-order valence-electron chi connectivity index (χ0n) is 22.6. The third kappa shape index (κ3) is 4.80. The van der Waals surface area contributed by atoms with Gasteiger partial charge in [-0.2, -0.15) is 5.10 Å². The number of nitrogens with one attached hydrogen (secondary N) is 3. The molecule has 0 amide bonds. The third-order valence-corrected chi connectivity index (χ3v) is 8.20. The highest BCUT2D eigenvalue weighted by Gasteiger charge is 2.16. The maximum Gasteiger partial charge on any atom is 0.124 e. The quantitative estimate of drug-likeness (QED) is 0.195. The van der Waals surface area contributed by atoms with Gasteiger partial charge in [0.25, 0.3) is 0 Å². The lowest BCUT2D eigenvalue weighted by molar-refractivity contribution is 0.489. The van der Waals surface area contributed by atoms with Crippen molar-refractivity contribution in [1.82, 2.24) is 25.5 Å². The van der Waals surface area contributed by atoms with Crippen LogP contribution in [-0.2, 0) is 6.54 Å². The third-order valence-electron chi connectivity index (χ3n) is 8.20. The van der Waals surface area contributed by atoms with Crippen LogP contribution < -0.4 is 5.32 Å². The molecule has 0 spiro atoms. The summed E-state index contributed by atoms with van der Waals surface area (Å²) in [6.45, 7) is 3.83. The van der Waals surface area contributed by atoms with Crippen LogP contribution in [0, 0.1) is 18.7 Å². The molecule has 0 saturated heterocycles. The lowest BCUT2D eigenvalue weighted by Crippen LogP contribution is -2.20. The fourth-order valence-corrected chi connectivity index (χ4v) is 6.20. The van der Waals surface area contributed by atoms with Crippen LogP contribution in [-0.4, -0.2) is 26.7 Å². The van der Waals surface area contributed by atoms with Gasteiger partial charge in [0.1, 0.15) is 11.5 Å². The topological polar surface area (TPSA) is 69.4 Å². The zero-order valence-corrected chi connectivity index (χ0v) is 22.6. The molecule has 0 atom stereocenters. The van der Waals surface area contributed by atoms with Crippen LogP contribution in [0.15, 0.2) is 79.1 Å². The summed E-state index contributed by atoms with van der Waals surface area (Å²) < 4.78 is 14.2. The summed E-state index contributed by atoms with van der Waals surface area (Å²) >= 11 is 0. The molecule has 1 fully saturated rings. The van der Waals surface area contributed by atoms with Crippen molar-refractivity contribution in [2.45, 2.75) is 39.2 Å². The minimum absolute atomic E-state index is 0.225. The van der Waals surface area contributed by atoms with Crippen molar-refractivity contribution < 1.29 is 4.39 Å². The van der Waals surface area contributed by atoms with Crippen LogP contribution in [0.1, 0.15) is 36.8 Å². The summed E-state index contributed by atoms with van der Waals surface area (Å²) in [7, 11) is 0. The second-order valence-electron chi connectivity index (χ2n) is 11.2. The van der Waals surface area contributed by atoms with Gasteiger partial charge in [0, 0.05) is 40.8 Å². The highest BCUT2D eigenvalue weighted by molar-refractivity contribution is 6.01. The molecule has 6 aromatic rings. The van der Waals surface area contributed by atoms with Gasteiger partial charge in [-0.15, -0.1) is 0 Å². The number of halogens is 1. The van der Waals surface area contributed by atoms with Gasteiger partial charge in [0.2, 0.25) is 0 Å². The van der Waals surface area contributed by atoms with E-state index >= 15 is 0 Å². The second kappa shape index (κ2) is 10.4. The van der Waals surface area contributed by atoms with Crippen molar-refractivity contribution in [2.24, 2.45) is 5.92 Å². The zero-order chi connectivity index (χ0) is 27.1. The van der Waals surface area contributed by atoms with E-state index in [0.29, 0.717) is 0 Å². The summed E-state index contributed by atoms with van der Waals surface area (Å²) in [6, 6.07) is 22.0. The SMILES string of the molecule is Cc1cc(F)cc(-c2cccc3[nH]c(-c4n[nH]c5ccc(-c6cncc(CNCC7CCCC7)c6)cc45)cc23)c1. The van der Waals surface area contributed by atoms with Crippen LogP contribution in [0.2, 0.25) is 0 Å². The maximum atomic E-state index is 14.2. The van der Waals surface area contributed by atoms with Gasteiger partial charge in [-0.05, 0) is 103 Å². The first-order chi connectivity index (χ1) is 19.6. The van der Waals surface area contributed by atoms with Crippen LogP contribution in [0.25, 0.3) is 55.4 Å². The van der Waals surface area contributed by atoms with Crippen molar-refractivity contribution in [2.75, 3.05) is 6.54 Å². The standard InChI is InChI=1S/C34H32FN5/c1-21-11-25(14-27(35)12-21)28-7-4-8-31-29(28)16-33(38-31)34-30-15-24(9-10-32(30)39-40-34)26-13-23(19-37-20-26)18-36-17-22-5-2-3-6-22/h4,7-16,19-20,22,36,38H,2-3,5-6,17-18H2,1H3,(H,39,40). The Morgan fingerprint density at radius 3 is 2.65 bits per heavy atom. The molecule has 40 heavy (non-hydrogen) atoms. The molecule has 6 heteroatoms.